The number of carbonyl (C=O) groups is 1. The van der Waals surface area contributed by atoms with Crippen molar-refractivity contribution in [3.05, 3.63) is 34.9 Å². The molecule has 1 fully saturated rings. The Kier molecular flexibility index (Phi) is 3.44. The molecule has 0 saturated carbocycles. The van der Waals surface area contributed by atoms with Gasteiger partial charge in [-0.15, -0.1) is 0 Å². The number of ether oxygens (including phenoxy) is 1. The summed E-state index contributed by atoms with van der Waals surface area (Å²) in [5.41, 5.74) is 2.84. The van der Waals surface area contributed by atoms with Crippen LogP contribution in [0.15, 0.2) is 18.2 Å². The van der Waals surface area contributed by atoms with Gasteiger partial charge in [-0.2, -0.15) is 0 Å². The Morgan fingerprint density at radius 2 is 2.11 bits per heavy atom. The maximum absolute atomic E-state index is 11.4. The van der Waals surface area contributed by atoms with Crippen molar-refractivity contribution in [2.24, 2.45) is 5.41 Å². The van der Waals surface area contributed by atoms with Crippen LogP contribution in [0, 0.1) is 12.3 Å². The van der Waals surface area contributed by atoms with Gasteiger partial charge < -0.3 is 9.84 Å². The SMILES string of the molecule is Cc1ccc(C(C)C)cc1CC1(C(=O)O)COC1. The zero-order valence-corrected chi connectivity index (χ0v) is 11.2. The molecule has 1 aromatic rings. The van der Waals surface area contributed by atoms with Crippen LogP contribution in [0.5, 0.6) is 0 Å². The van der Waals surface area contributed by atoms with Crippen LogP contribution in [0.1, 0.15) is 36.5 Å². The van der Waals surface area contributed by atoms with Crippen LogP contribution in [0.2, 0.25) is 0 Å². The highest BCUT2D eigenvalue weighted by Crippen LogP contribution is 2.33. The van der Waals surface area contributed by atoms with Gasteiger partial charge in [0.1, 0.15) is 5.41 Å². The van der Waals surface area contributed by atoms with Gasteiger partial charge in [0.05, 0.1) is 13.2 Å². The highest BCUT2D eigenvalue weighted by atomic mass is 16.5. The molecule has 0 radical (unpaired) electrons. The van der Waals surface area contributed by atoms with E-state index in [0.29, 0.717) is 25.6 Å². The molecule has 1 N–H and O–H groups in total. The van der Waals surface area contributed by atoms with Gasteiger partial charge in [0.15, 0.2) is 0 Å². The molecule has 1 aliphatic rings. The first kappa shape index (κ1) is 13.1. The first-order chi connectivity index (χ1) is 8.44. The van der Waals surface area contributed by atoms with Crippen molar-refractivity contribution in [1.82, 2.24) is 0 Å². The fraction of sp³-hybridized carbons (Fsp3) is 0.533. The number of rotatable bonds is 4. The highest BCUT2D eigenvalue weighted by Gasteiger charge is 2.46. The number of carboxylic acids is 1. The van der Waals surface area contributed by atoms with E-state index in [2.05, 4.69) is 32.0 Å². The summed E-state index contributed by atoms with van der Waals surface area (Å²) < 4.78 is 5.11. The first-order valence-corrected chi connectivity index (χ1v) is 6.35. The highest BCUT2D eigenvalue weighted by molar-refractivity contribution is 5.76. The number of aryl methyl sites for hydroxylation is 1. The Bertz CT molecular complexity index is 459. The molecule has 18 heavy (non-hydrogen) atoms. The van der Waals surface area contributed by atoms with Crippen molar-refractivity contribution < 1.29 is 14.6 Å². The van der Waals surface area contributed by atoms with Gasteiger partial charge >= 0.3 is 5.97 Å². The predicted molar refractivity (Wildman–Crippen MR) is 69.9 cm³/mol. The van der Waals surface area contributed by atoms with E-state index < -0.39 is 11.4 Å². The van der Waals surface area contributed by atoms with Gasteiger partial charge in [-0.3, -0.25) is 4.79 Å². The van der Waals surface area contributed by atoms with Crippen LogP contribution in [-0.4, -0.2) is 24.3 Å². The molecule has 0 aliphatic carbocycles. The second-order valence-electron chi connectivity index (χ2n) is 5.60. The average molecular weight is 248 g/mol. The molecule has 0 unspecified atom stereocenters. The zero-order valence-electron chi connectivity index (χ0n) is 11.2. The van der Waals surface area contributed by atoms with Crippen molar-refractivity contribution in [2.45, 2.75) is 33.1 Å². The molecule has 0 aromatic heterocycles. The summed E-state index contributed by atoms with van der Waals surface area (Å²) in [6, 6.07) is 6.34. The lowest BCUT2D eigenvalue weighted by Crippen LogP contribution is -2.50. The standard InChI is InChI=1S/C15H20O3/c1-10(2)12-5-4-11(3)13(6-12)7-15(14(16)17)8-18-9-15/h4-6,10H,7-9H2,1-3H3,(H,16,17). The Balaban J connectivity index is 2.28. The Labute approximate surface area is 108 Å². The molecule has 1 saturated heterocycles. The fourth-order valence-electron chi connectivity index (χ4n) is 2.26. The third-order valence-corrected chi connectivity index (χ3v) is 3.78. The van der Waals surface area contributed by atoms with E-state index in [9.17, 15) is 9.90 Å². The van der Waals surface area contributed by atoms with E-state index in [1.54, 1.807) is 0 Å². The first-order valence-electron chi connectivity index (χ1n) is 6.35. The van der Waals surface area contributed by atoms with E-state index in [0.717, 1.165) is 11.1 Å². The molecule has 1 heterocycles. The predicted octanol–water partition coefficient (Wildman–Crippen LogP) is 2.76. The maximum Gasteiger partial charge on any atom is 0.314 e. The number of hydrogen-bond donors (Lipinski definition) is 1. The average Bonchev–Trinajstić information content (AvgIpc) is 2.24. The van der Waals surface area contributed by atoms with Gasteiger partial charge in [0.2, 0.25) is 0 Å². The summed E-state index contributed by atoms with van der Waals surface area (Å²) in [4.78, 5) is 11.4. The van der Waals surface area contributed by atoms with Crippen molar-refractivity contribution >= 4 is 5.97 Å². The minimum Gasteiger partial charge on any atom is -0.481 e. The van der Waals surface area contributed by atoms with E-state index in [1.165, 1.54) is 5.56 Å². The summed E-state index contributed by atoms with van der Waals surface area (Å²) >= 11 is 0. The zero-order chi connectivity index (χ0) is 13.3. The van der Waals surface area contributed by atoms with Gasteiger partial charge in [0.25, 0.3) is 0 Å². The summed E-state index contributed by atoms with van der Waals surface area (Å²) in [5.74, 6) is -0.286. The molecule has 3 nitrogen and oxygen atoms in total. The minimum absolute atomic E-state index is 0.327. The van der Waals surface area contributed by atoms with Crippen molar-refractivity contribution in [3.8, 4) is 0 Å². The molecule has 98 valence electrons. The summed E-state index contributed by atoms with van der Waals surface area (Å²) in [5, 5.41) is 9.33. The molecule has 0 atom stereocenters. The third-order valence-electron chi connectivity index (χ3n) is 3.78. The Morgan fingerprint density at radius 1 is 1.44 bits per heavy atom. The maximum atomic E-state index is 11.4. The van der Waals surface area contributed by atoms with E-state index in [4.69, 9.17) is 4.74 Å². The molecular formula is C15H20O3. The number of aliphatic carboxylic acids is 1. The van der Waals surface area contributed by atoms with Crippen LogP contribution >= 0.6 is 0 Å². The molecule has 2 rings (SSSR count). The van der Waals surface area contributed by atoms with Gasteiger partial charge in [-0.25, -0.2) is 0 Å². The van der Waals surface area contributed by atoms with E-state index in [-0.39, 0.29) is 0 Å². The van der Waals surface area contributed by atoms with Gasteiger partial charge in [0, 0.05) is 0 Å². The summed E-state index contributed by atoms with van der Waals surface area (Å²) in [6.45, 7) is 6.98. The van der Waals surface area contributed by atoms with E-state index in [1.807, 2.05) is 6.92 Å². The second kappa shape index (κ2) is 4.73. The van der Waals surface area contributed by atoms with Crippen LogP contribution in [-0.2, 0) is 16.0 Å². The number of hydrogen-bond acceptors (Lipinski definition) is 2. The largest absolute Gasteiger partial charge is 0.481 e. The van der Waals surface area contributed by atoms with Crippen LogP contribution < -0.4 is 0 Å². The fourth-order valence-corrected chi connectivity index (χ4v) is 2.26. The van der Waals surface area contributed by atoms with Crippen LogP contribution in [0.4, 0.5) is 0 Å². The molecule has 1 aliphatic heterocycles. The molecule has 3 heteroatoms. The Hall–Kier alpha value is -1.35. The molecule has 0 bridgehead atoms. The lowest BCUT2D eigenvalue weighted by molar-refractivity contribution is -0.179. The summed E-state index contributed by atoms with van der Waals surface area (Å²) in [6.07, 6.45) is 0.564. The summed E-state index contributed by atoms with van der Waals surface area (Å²) in [7, 11) is 0. The smallest absolute Gasteiger partial charge is 0.314 e. The number of benzene rings is 1. The van der Waals surface area contributed by atoms with Gasteiger partial charge in [-0.1, -0.05) is 32.0 Å². The van der Waals surface area contributed by atoms with Crippen molar-refractivity contribution in [3.63, 3.8) is 0 Å². The number of carboxylic acid groups (broad SMARTS) is 1. The second-order valence-corrected chi connectivity index (χ2v) is 5.60. The monoisotopic (exact) mass is 248 g/mol. The third kappa shape index (κ3) is 2.27. The molecule has 0 amide bonds. The molecule has 1 aromatic carbocycles. The lowest BCUT2D eigenvalue weighted by atomic mass is 9.78. The van der Waals surface area contributed by atoms with Crippen molar-refractivity contribution in [1.29, 1.82) is 0 Å². The Morgan fingerprint density at radius 3 is 2.56 bits per heavy atom. The quantitative estimate of drug-likeness (QED) is 0.891. The van der Waals surface area contributed by atoms with Crippen LogP contribution in [0.25, 0.3) is 0 Å². The molecule has 0 spiro atoms. The topological polar surface area (TPSA) is 46.5 Å². The van der Waals surface area contributed by atoms with E-state index >= 15 is 0 Å². The lowest BCUT2D eigenvalue weighted by Gasteiger charge is -2.37. The van der Waals surface area contributed by atoms with Crippen molar-refractivity contribution in [2.75, 3.05) is 13.2 Å². The minimum atomic E-state index is -0.747. The molecular weight excluding hydrogens is 228 g/mol. The van der Waals surface area contributed by atoms with Crippen LogP contribution in [0.3, 0.4) is 0 Å². The van der Waals surface area contributed by atoms with Gasteiger partial charge in [-0.05, 0) is 36.0 Å². The normalized spacial score (nSPS) is 17.6.